The van der Waals surface area contributed by atoms with Crippen molar-refractivity contribution in [1.82, 2.24) is 5.43 Å². The van der Waals surface area contributed by atoms with Gasteiger partial charge in [0.2, 0.25) is 0 Å². The minimum atomic E-state index is 0.684. The summed E-state index contributed by atoms with van der Waals surface area (Å²) in [5.74, 6) is 1.04. The normalized spacial score (nSPS) is 13.8. The van der Waals surface area contributed by atoms with Gasteiger partial charge < -0.3 is 0 Å². The second-order valence-corrected chi connectivity index (χ2v) is 7.03. The molecule has 23 heavy (non-hydrogen) atoms. The molecule has 2 aromatic carbocycles. The minimum absolute atomic E-state index is 0.684. The van der Waals surface area contributed by atoms with E-state index in [-0.39, 0.29) is 0 Å². The molecule has 0 aliphatic carbocycles. The lowest BCUT2D eigenvalue weighted by Gasteiger charge is -2.28. The monoisotopic (exact) mass is 345 g/mol. The number of amidine groups is 1. The van der Waals surface area contributed by atoms with E-state index in [2.05, 4.69) is 53.5 Å². The van der Waals surface area contributed by atoms with Crippen LogP contribution >= 0.6 is 23.4 Å². The first kappa shape index (κ1) is 16.2. The van der Waals surface area contributed by atoms with Crippen molar-refractivity contribution >= 4 is 34.2 Å². The second-order valence-electron chi connectivity index (χ2n) is 5.54. The van der Waals surface area contributed by atoms with Crippen LogP contribution in [-0.2, 0) is 6.54 Å². The molecule has 0 spiro atoms. The average Bonchev–Trinajstić information content (AvgIpc) is 3.05. The van der Waals surface area contributed by atoms with Gasteiger partial charge in [-0.2, -0.15) is 0 Å². The van der Waals surface area contributed by atoms with Crippen LogP contribution in [0.2, 0.25) is 5.02 Å². The van der Waals surface area contributed by atoms with Gasteiger partial charge in [-0.1, -0.05) is 53.7 Å². The molecule has 0 unspecified atom stereocenters. The fourth-order valence-corrected chi connectivity index (χ4v) is 3.46. The molecule has 0 saturated heterocycles. The van der Waals surface area contributed by atoms with Gasteiger partial charge >= 0.3 is 0 Å². The Balaban J connectivity index is 1.93. The number of anilines is 1. The largest absolute Gasteiger partial charge is 0.281 e. The number of thioether (sulfide) groups is 1. The number of nitrogens with zero attached hydrogens (tertiary/aromatic N) is 2. The van der Waals surface area contributed by atoms with Gasteiger partial charge in [0.05, 0.1) is 18.8 Å². The van der Waals surface area contributed by atoms with Gasteiger partial charge in [-0.05, 0) is 42.7 Å². The first-order valence-corrected chi connectivity index (χ1v) is 9.02. The Morgan fingerprint density at radius 1 is 1.17 bits per heavy atom. The predicted molar refractivity (Wildman–Crippen MR) is 101 cm³/mol. The molecule has 1 N–H and O–H groups in total. The molecule has 3 rings (SSSR count). The van der Waals surface area contributed by atoms with Gasteiger partial charge in [-0.3, -0.25) is 15.4 Å². The summed E-state index contributed by atoms with van der Waals surface area (Å²) in [7, 11) is 0. The third kappa shape index (κ3) is 3.82. The number of hydrogen-bond acceptors (Lipinski definition) is 4. The summed E-state index contributed by atoms with van der Waals surface area (Å²) in [5.41, 5.74) is 8.24. The van der Waals surface area contributed by atoms with E-state index in [1.807, 2.05) is 18.2 Å². The summed E-state index contributed by atoms with van der Waals surface area (Å²) in [4.78, 5) is 4.51. The molecule has 0 amide bonds. The topological polar surface area (TPSA) is 27.6 Å². The standard InChI is InChI=1S/C18H20ClN3S/c1-13-6-5-9-17(14(13)2)22(21-18-20-10-11-23-18)12-15-7-3-4-8-16(15)19/h3-9H,10-12H2,1-2H3,(H,20,21). The van der Waals surface area contributed by atoms with Crippen LogP contribution in [-0.4, -0.2) is 17.5 Å². The molecule has 0 atom stereocenters. The molecule has 1 heterocycles. The van der Waals surface area contributed by atoms with Crippen molar-refractivity contribution in [3.8, 4) is 0 Å². The number of hydrazine groups is 1. The molecule has 120 valence electrons. The van der Waals surface area contributed by atoms with Gasteiger partial charge in [0.1, 0.15) is 0 Å². The highest BCUT2D eigenvalue weighted by molar-refractivity contribution is 8.14. The van der Waals surface area contributed by atoms with Crippen molar-refractivity contribution < 1.29 is 0 Å². The maximum atomic E-state index is 6.35. The summed E-state index contributed by atoms with van der Waals surface area (Å²) >= 11 is 8.11. The highest BCUT2D eigenvalue weighted by Gasteiger charge is 2.16. The summed E-state index contributed by atoms with van der Waals surface area (Å²) < 4.78 is 0. The highest BCUT2D eigenvalue weighted by Crippen LogP contribution is 2.26. The van der Waals surface area contributed by atoms with Crippen molar-refractivity contribution in [3.05, 3.63) is 64.2 Å². The molecule has 0 saturated carbocycles. The Bertz CT molecular complexity index is 730. The first-order valence-electron chi connectivity index (χ1n) is 7.66. The maximum absolute atomic E-state index is 6.35. The Morgan fingerprint density at radius 3 is 2.74 bits per heavy atom. The zero-order chi connectivity index (χ0) is 16.2. The number of halogens is 1. The molecule has 2 aromatic rings. The smallest absolute Gasteiger partial charge is 0.175 e. The summed E-state index contributed by atoms with van der Waals surface area (Å²) in [6.45, 7) is 5.84. The van der Waals surface area contributed by atoms with Crippen LogP contribution in [0, 0.1) is 13.8 Å². The fraction of sp³-hybridized carbons (Fsp3) is 0.278. The molecular formula is C18H20ClN3S. The lowest BCUT2D eigenvalue weighted by molar-refractivity contribution is 0.765. The van der Waals surface area contributed by atoms with Gasteiger partial charge in [0, 0.05) is 10.8 Å². The number of rotatable bonds is 4. The van der Waals surface area contributed by atoms with E-state index in [1.165, 1.54) is 11.1 Å². The van der Waals surface area contributed by atoms with Crippen LogP contribution in [0.5, 0.6) is 0 Å². The second kappa shape index (κ2) is 7.28. The van der Waals surface area contributed by atoms with Crippen LogP contribution in [0.3, 0.4) is 0 Å². The van der Waals surface area contributed by atoms with Gasteiger partial charge in [-0.25, -0.2) is 0 Å². The van der Waals surface area contributed by atoms with Crippen LogP contribution in [0.1, 0.15) is 16.7 Å². The molecule has 5 heteroatoms. The number of nitrogens with one attached hydrogen (secondary N) is 1. The molecule has 0 bridgehead atoms. The van der Waals surface area contributed by atoms with Crippen molar-refractivity contribution in [3.63, 3.8) is 0 Å². The minimum Gasteiger partial charge on any atom is -0.281 e. The molecule has 0 radical (unpaired) electrons. The van der Waals surface area contributed by atoms with E-state index >= 15 is 0 Å². The van der Waals surface area contributed by atoms with Gasteiger partial charge in [0.15, 0.2) is 5.17 Å². The Labute approximate surface area is 146 Å². The van der Waals surface area contributed by atoms with Crippen LogP contribution in [0.4, 0.5) is 5.69 Å². The fourth-order valence-electron chi connectivity index (χ4n) is 2.53. The van der Waals surface area contributed by atoms with E-state index in [0.717, 1.165) is 33.7 Å². The number of aliphatic imine (C=N–C) groups is 1. The van der Waals surface area contributed by atoms with Crippen molar-refractivity contribution in [2.45, 2.75) is 20.4 Å². The van der Waals surface area contributed by atoms with Gasteiger partial charge in [0.25, 0.3) is 0 Å². The van der Waals surface area contributed by atoms with E-state index in [0.29, 0.717) is 6.54 Å². The summed E-state index contributed by atoms with van der Waals surface area (Å²) in [6.07, 6.45) is 0. The highest BCUT2D eigenvalue weighted by atomic mass is 35.5. The molecule has 0 fully saturated rings. The van der Waals surface area contributed by atoms with E-state index in [9.17, 15) is 0 Å². The third-order valence-electron chi connectivity index (χ3n) is 3.97. The predicted octanol–water partition coefficient (Wildman–Crippen LogP) is 4.57. The van der Waals surface area contributed by atoms with Crippen molar-refractivity contribution in [1.29, 1.82) is 0 Å². The molecule has 0 aromatic heterocycles. The number of benzene rings is 2. The molecule has 1 aliphatic rings. The SMILES string of the molecule is Cc1cccc(N(Cc2ccccc2Cl)NC2=NCCS2)c1C. The Kier molecular flexibility index (Phi) is 5.13. The first-order chi connectivity index (χ1) is 11.1. The van der Waals surface area contributed by atoms with Crippen LogP contribution < -0.4 is 10.4 Å². The zero-order valence-electron chi connectivity index (χ0n) is 13.3. The number of aryl methyl sites for hydroxylation is 1. The Morgan fingerprint density at radius 2 is 2.00 bits per heavy atom. The molecule has 1 aliphatic heterocycles. The lowest BCUT2D eigenvalue weighted by Crippen LogP contribution is -2.40. The van der Waals surface area contributed by atoms with Crippen LogP contribution in [0.25, 0.3) is 0 Å². The average molecular weight is 346 g/mol. The quantitative estimate of drug-likeness (QED) is 0.822. The van der Waals surface area contributed by atoms with E-state index in [4.69, 9.17) is 11.6 Å². The van der Waals surface area contributed by atoms with E-state index < -0.39 is 0 Å². The van der Waals surface area contributed by atoms with Crippen molar-refractivity contribution in [2.75, 3.05) is 17.3 Å². The lowest BCUT2D eigenvalue weighted by atomic mass is 10.1. The summed E-state index contributed by atoms with van der Waals surface area (Å²) in [6, 6.07) is 14.3. The van der Waals surface area contributed by atoms with Crippen LogP contribution in [0.15, 0.2) is 47.5 Å². The Hall–Kier alpha value is -1.65. The summed E-state index contributed by atoms with van der Waals surface area (Å²) in [5, 5.41) is 3.89. The van der Waals surface area contributed by atoms with Crippen molar-refractivity contribution in [2.24, 2.45) is 4.99 Å². The molecular weight excluding hydrogens is 326 g/mol. The van der Waals surface area contributed by atoms with E-state index in [1.54, 1.807) is 11.8 Å². The third-order valence-corrected chi connectivity index (χ3v) is 5.22. The van der Waals surface area contributed by atoms with Gasteiger partial charge in [-0.15, -0.1) is 0 Å². The zero-order valence-corrected chi connectivity index (χ0v) is 14.9. The molecule has 3 nitrogen and oxygen atoms in total. The maximum Gasteiger partial charge on any atom is 0.175 e. The number of hydrogen-bond donors (Lipinski definition) is 1.